The second kappa shape index (κ2) is 14.4. The molecule has 2 aliphatic rings. The smallest absolute Gasteiger partial charge is 0.220 e. The number of amides is 1. The molecule has 2 aliphatic heterocycles. The number of rotatable bonds is 10. The summed E-state index contributed by atoms with van der Waals surface area (Å²) in [5, 5.41) is 17.2. The predicted molar refractivity (Wildman–Crippen MR) is 180 cm³/mol. The predicted octanol–water partition coefficient (Wildman–Crippen LogP) is 5.74. The number of ether oxygens (including phenoxy) is 2. The Labute approximate surface area is 278 Å². The number of aromatic nitrogens is 2. The number of hydrogen-bond donors (Lipinski definition) is 3. The SMILES string of the molecule is COc1nc(-c2cccc(-c3ccnc(-c4ccc5c(c4)OCCN(C[C@H](C)O)C5)c3Cl)c2Cl)ccc1CNC[C@@H]1CCC(=O)N1. The van der Waals surface area contributed by atoms with Crippen LogP contribution >= 0.6 is 23.2 Å². The lowest BCUT2D eigenvalue weighted by Gasteiger charge is -2.20. The van der Waals surface area contributed by atoms with E-state index in [9.17, 15) is 9.90 Å². The largest absolute Gasteiger partial charge is 0.492 e. The molecule has 11 heteroatoms. The van der Waals surface area contributed by atoms with Crippen molar-refractivity contribution in [3.05, 3.63) is 82.0 Å². The molecule has 0 aliphatic carbocycles. The van der Waals surface area contributed by atoms with E-state index in [0.29, 0.717) is 66.5 Å². The Morgan fingerprint density at radius 2 is 1.96 bits per heavy atom. The van der Waals surface area contributed by atoms with Crippen molar-refractivity contribution >= 4 is 29.1 Å². The molecule has 4 aromatic rings. The first kappa shape index (κ1) is 32.2. The van der Waals surface area contributed by atoms with Crippen molar-refractivity contribution in [3.63, 3.8) is 0 Å². The number of nitrogens with one attached hydrogen (secondary N) is 2. The number of methoxy groups -OCH3 is 1. The molecular weight excluding hydrogens is 625 g/mol. The molecule has 0 spiro atoms. The van der Waals surface area contributed by atoms with Crippen LogP contribution in [0.2, 0.25) is 10.0 Å². The van der Waals surface area contributed by atoms with Crippen LogP contribution in [-0.2, 0) is 17.9 Å². The quantitative estimate of drug-likeness (QED) is 0.198. The third kappa shape index (κ3) is 7.14. The number of halogens is 2. The van der Waals surface area contributed by atoms with Crippen LogP contribution in [0.4, 0.5) is 0 Å². The lowest BCUT2D eigenvalue weighted by atomic mass is 9.99. The maximum Gasteiger partial charge on any atom is 0.220 e. The van der Waals surface area contributed by atoms with Gasteiger partial charge in [-0.25, -0.2) is 4.98 Å². The maximum absolute atomic E-state index is 11.5. The first-order chi connectivity index (χ1) is 22.3. The van der Waals surface area contributed by atoms with E-state index in [-0.39, 0.29) is 11.9 Å². The zero-order valence-corrected chi connectivity index (χ0v) is 27.4. The Morgan fingerprint density at radius 3 is 2.74 bits per heavy atom. The van der Waals surface area contributed by atoms with Crippen molar-refractivity contribution in [2.75, 3.05) is 33.4 Å². The lowest BCUT2D eigenvalue weighted by Crippen LogP contribution is -2.35. The third-order valence-electron chi connectivity index (χ3n) is 8.30. The minimum absolute atomic E-state index is 0.101. The highest BCUT2D eigenvalue weighted by Crippen LogP contribution is 2.42. The average Bonchev–Trinajstić information content (AvgIpc) is 3.35. The maximum atomic E-state index is 11.5. The summed E-state index contributed by atoms with van der Waals surface area (Å²) in [6.45, 7) is 5.58. The van der Waals surface area contributed by atoms with Crippen molar-refractivity contribution in [2.24, 2.45) is 0 Å². The molecule has 0 bridgehead atoms. The topological polar surface area (TPSA) is 109 Å². The minimum Gasteiger partial charge on any atom is -0.492 e. The second-order valence-electron chi connectivity index (χ2n) is 11.7. The summed E-state index contributed by atoms with van der Waals surface area (Å²) in [5.41, 5.74) is 6.37. The molecule has 4 heterocycles. The molecule has 2 aromatic heterocycles. The molecular formula is C35H37Cl2N5O4. The van der Waals surface area contributed by atoms with Crippen LogP contribution in [0.15, 0.2) is 60.8 Å². The van der Waals surface area contributed by atoms with E-state index in [4.69, 9.17) is 37.7 Å². The number of pyridine rings is 2. The van der Waals surface area contributed by atoms with Gasteiger partial charge in [-0.2, -0.15) is 0 Å². The fraction of sp³-hybridized carbons (Fsp3) is 0.343. The van der Waals surface area contributed by atoms with Gasteiger partial charge >= 0.3 is 0 Å². The van der Waals surface area contributed by atoms with Gasteiger partial charge in [-0.1, -0.05) is 59.6 Å². The fourth-order valence-electron chi connectivity index (χ4n) is 6.03. The number of fused-ring (bicyclic) bond motifs is 1. The number of nitrogens with zero attached hydrogens (tertiary/aromatic N) is 3. The molecule has 0 unspecified atom stereocenters. The number of aliphatic hydroxyl groups excluding tert-OH is 1. The summed E-state index contributed by atoms with van der Waals surface area (Å²) in [7, 11) is 1.60. The van der Waals surface area contributed by atoms with Gasteiger partial charge in [0.2, 0.25) is 11.8 Å². The molecule has 1 saturated heterocycles. The van der Waals surface area contributed by atoms with Crippen molar-refractivity contribution < 1.29 is 19.4 Å². The summed E-state index contributed by atoms with van der Waals surface area (Å²) < 4.78 is 11.7. The first-order valence-electron chi connectivity index (χ1n) is 15.4. The van der Waals surface area contributed by atoms with Gasteiger partial charge in [0.1, 0.15) is 12.4 Å². The number of hydrogen-bond acceptors (Lipinski definition) is 8. The van der Waals surface area contributed by atoms with Gasteiger partial charge in [0.05, 0.1) is 34.6 Å². The van der Waals surface area contributed by atoms with E-state index < -0.39 is 6.10 Å². The highest BCUT2D eigenvalue weighted by atomic mass is 35.5. The number of β-amino-alcohol motifs (C(OH)–C–C–N with tert-alkyl or cyclic N) is 1. The molecule has 0 radical (unpaired) electrons. The molecule has 1 amide bonds. The highest BCUT2D eigenvalue weighted by molar-refractivity contribution is 6.39. The Balaban J connectivity index is 1.25. The van der Waals surface area contributed by atoms with Gasteiger partial charge in [0, 0.05) is 84.8 Å². The van der Waals surface area contributed by atoms with E-state index in [1.165, 1.54) is 0 Å². The number of carbonyl (C=O) groups excluding carboxylic acids is 1. The van der Waals surface area contributed by atoms with Gasteiger partial charge in [-0.05, 0) is 31.5 Å². The van der Waals surface area contributed by atoms with Crippen LogP contribution in [-0.4, -0.2) is 71.4 Å². The van der Waals surface area contributed by atoms with Crippen LogP contribution in [0.3, 0.4) is 0 Å². The van der Waals surface area contributed by atoms with Crippen LogP contribution in [0.1, 0.15) is 30.9 Å². The molecule has 2 atom stereocenters. The number of aliphatic hydroxyl groups is 1. The summed E-state index contributed by atoms with van der Waals surface area (Å²) in [6.07, 6.45) is 2.74. The Morgan fingerprint density at radius 1 is 1.13 bits per heavy atom. The van der Waals surface area contributed by atoms with Gasteiger partial charge in [-0.3, -0.25) is 14.7 Å². The lowest BCUT2D eigenvalue weighted by molar-refractivity contribution is -0.119. The third-order valence-corrected chi connectivity index (χ3v) is 9.09. The summed E-state index contributed by atoms with van der Waals surface area (Å²) >= 11 is 14.1. The molecule has 6 rings (SSSR count). The monoisotopic (exact) mass is 661 g/mol. The first-order valence-corrected chi connectivity index (χ1v) is 16.2. The zero-order valence-electron chi connectivity index (χ0n) is 25.9. The molecule has 0 saturated carbocycles. The second-order valence-corrected chi connectivity index (χ2v) is 12.5. The van der Waals surface area contributed by atoms with Gasteiger partial charge in [0.15, 0.2) is 0 Å². The molecule has 9 nitrogen and oxygen atoms in total. The van der Waals surface area contributed by atoms with E-state index >= 15 is 0 Å². The summed E-state index contributed by atoms with van der Waals surface area (Å²) in [6, 6.07) is 17.7. The average molecular weight is 663 g/mol. The van der Waals surface area contributed by atoms with Crippen molar-refractivity contribution in [3.8, 4) is 45.3 Å². The van der Waals surface area contributed by atoms with Gasteiger partial charge < -0.3 is 25.2 Å². The standard InChI is InChI=1S/C35H37Cl2N5O4/c1-21(43)19-42-14-15-46-30-16-22(6-7-24(30)20-42)34-33(37)27(12-13-39-34)26-4-3-5-28(32(26)36)29-10-8-23(35(41-29)45-2)17-38-18-25-9-11-31(44)40-25/h3-8,10,12-13,16,21,25,38,43H,9,11,14-15,17-20H2,1-2H3,(H,40,44)/t21-,25-/m0/s1. The minimum atomic E-state index is -0.407. The van der Waals surface area contributed by atoms with E-state index in [0.717, 1.165) is 52.1 Å². The molecule has 46 heavy (non-hydrogen) atoms. The van der Waals surface area contributed by atoms with Crippen LogP contribution in [0, 0.1) is 0 Å². The summed E-state index contributed by atoms with van der Waals surface area (Å²) in [4.78, 5) is 23.1. The molecule has 2 aromatic carbocycles. The molecule has 3 N–H and O–H groups in total. The normalized spacial score (nSPS) is 17.2. The van der Waals surface area contributed by atoms with E-state index in [1.807, 2.05) is 54.6 Å². The number of benzene rings is 2. The fourth-order valence-corrected chi connectivity index (χ4v) is 6.68. The number of carbonyl (C=O) groups is 1. The Hall–Kier alpha value is -3.73. The van der Waals surface area contributed by atoms with Crippen molar-refractivity contribution in [2.45, 2.75) is 45.0 Å². The van der Waals surface area contributed by atoms with Crippen LogP contribution in [0.5, 0.6) is 11.6 Å². The highest BCUT2D eigenvalue weighted by Gasteiger charge is 2.22. The van der Waals surface area contributed by atoms with Gasteiger partial charge in [0.25, 0.3) is 0 Å². The van der Waals surface area contributed by atoms with E-state index in [2.05, 4.69) is 20.5 Å². The Kier molecular flexibility index (Phi) is 10.1. The Bertz CT molecular complexity index is 1730. The van der Waals surface area contributed by atoms with Gasteiger partial charge in [-0.15, -0.1) is 0 Å². The van der Waals surface area contributed by atoms with Crippen LogP contribution in [0.25, 0.3) is 33.6 Å². The van der Waals surface area contributed by atoms with E-state index in [1.54, 1.807) is 20.2 Å². The molecule has 240 valence electrons. The van der Waals surface area contributed by atoms with Crippen molar-refractivity contribution in [1.82, 2.24) is 25.5 Å². The zero-order chi connectivity index (χ0) is 32.2. The summed E-state index contributed by atoms with van der Waals surface area (Å²) in [5.74, 6) is 1.40. The van der Waals surface area contributed by atoms with Crippen LogP contribution < -0.4 is 20.1 Å². The van der Waals surface area contributed by atoms with Crippen molar-refractivity contribution in [1.29, 1.82) is 0 Å². The molecule has 1 fully saturated rings.